The van der Waals surface area contributed by atoms with Crippen LogP contribution in [-0.4, -0.2) is 12.1 Å². The maximum Gasteiger partial charge on any atom is 0.271 e. The predicted octanol–water partition coefficient (Wildman–Crippen LogP) is 3.97. The number of benzene rings is 2. The number of carbonyl (C=O) groups excluding carboxylic acids is 1. The van der Waals surface area contributed by atoms with Crippen LogP contribution in [0.1, 0.15) is 34.0 Å². The average Bonchev–Trinajstić information content (AvgIpc) is 2.50. The molecule has 0 atom stereocenters. The van der Waals surface area contributed by atoms with E-state index >= 15 is 0 Å². The maximum absolute atomic E-state index is 11.9. The molecule has 2 aromatic rings. The highest BCUT2D eigenvalue weighted by molar-refractivity contribution is 6.31. The first-order valence-electron chi connectivity index (χ1n) is 6.78. The fourth-order valence-electron chi connectivity index (χ4n) is 1.80. The van der Waals surface area contributed by atoms with Crippen LogP contribution in [0.4, 0.5) is 0 Å². The first-order valence-corrected chi connectivity index (χ1v) is 7.16. The van der Waals surface area contributed by atoms with Crippen LogP contribution in [-0.2, 0) is 6.42 Å². The van der Waals surface area contributed by atoms with Gasteiger partial charge in [-0.15, -0.1) is 0 Å². The average molecular weight is 301 g/mol. The molecular formula is C17H17ClN2O. The molecule has 0 bridgehead atoms. The highest BCUT2D eigenvalue weighted by Crippen LogP contribution is 2.16. The predicted molar refractivity (Wildman–Crippen MR) is 87.1 cm³/mol. The molecule has 0 spiro atoms. The number of carbonyl (C=O) groups is 1. The summed E-state index contributed by atoms with van der Waals surface area (Å²) in [5, 5.41) is 4.53. The van der Waals surface area contributed by atoms with Gasteiger partial charge in [0, 0.05) is 10.6 Å². The van der Waals surface area contributed by atoms with E-state index in [-0.39, 0.29) is 5.91 Å². The lowest BCUT2D eigenvalue weighted by molar-refractivity contribution is 0.0955. The van der Waals surface area contributed by atoms with Crippen LogP contribution >= 0.6 is 11.6 Å². The molecule has 1 amide bonds. The van der Waals surface area contributed by atoms with Gasteiger partial charge in [-0.1, -0.05) is 48.9 Å². The smallest absolute Gasteiger partial charge is 0.267 e. The molecule has 0 radical (unpaired) electrons. The van der Waals surface area contributed by atoms with Gasteiger partial charge >= 0.3 is 0 Å². The summed E-state index contributed by atoms with van der Waals surface area (Å²) in [6.07, 6.45) is 2.62. The van der Waals surface area contributed by atoms with Crippen LogP contribution in [0.2, 0.25) is 5.02 Å². The Morgan fingerprint density at radius 3 is 2.57 bits per heavy atom. The summed E-state index contributed by atoms with van der Waals surface area (Å²) < 4.78 is 0. The Kier molecular flexibility index (Phi) is 5.12. The highest BCUT2D eigenvalue weighted by atomic mass is 35.5. The third-order valence-corrected chi connectivity index (χ3v) is 3.61. The standard InChI is InChI=1S/C17H17ClN2O/c1-3-13-5-7-14(8-6-13)11-19-20-17(21)15-9-4-12(2)16(18)10-15/h4-11H,3H2,1-2H3,(H,20,21)/b19-11-. The molecule has 0 aliphatic rings. The largest absolute Gasteiger partial charge is 0.271 e. The van der Waals surface area contributed by atoms with Gasteiger partial charge in [-0.2, -0.15) is 5.10 Å². The van der Waals surface area contributed by atoms with Crippen molar-refractivity contribution in [3.63, 3.8) is 0 Å². The number of amides is 1. The van der Waals surface area contributed by atoms with Crippen LogP contribution in [0.15, 0.2) is 47.6 Å². The van der Waals surface area contributed by atoms with Crippen molar-refractivity contribution < 1.29 is 4.79 Å². The SMILES string of the molecule is CCc1ccc(/C=N\NC(=O)c2ccc(C)c(Cl)c2)cc1. The van der Waals surface area contributed by atoms with Gasteiger partial charge in [0.2, 0.25) is 0 Å². The van der Waals surface area contributed by atoms with Crippen molar-refractivity contribution in [2.75, 3.05) is 0 Å². The summed E-state index contributed by atoms with van der Waals surface area (Å²) in [4.78, 5) is 11.9. The summed E-state index contributed by atoms with van der Waals surface area (Å²) in [5.74, 6) is -0.279. The molecule has 0 unspecified atom stereocenters. The zero-order valence-electron chi connectivity index (χ0n) is 12.1. The number of halogens is 1. The normalized spacial score (nSPS) is 10.8. The second-order valence-electron chi connectivity index (χ2n) is 4.76. The van der Waals surface area contributed by atoms with Crippen LogP contribution < -0.4 is 5.43 Å². The van der Waals surface area contributed by atoms with Crippen molar-refractivity contribution in [3.05, 3.63) is 69.7 Å². The molecular weight excluding hydrogens is 284 g/mol. The number of nitrogens with zero attached hydrogens (tertiary/aromatic N) is 1. The van der Waals surface area contributed by atoms with E-state index < -0.39 is 0 Å². The van der Waals surface area contributed by atoms with E-state index in [0.717, 1.165) is 17.5 Å². The summed E-state index contributed by atoms with van der Waals surface area (Å²) in [5.41, 5.74) is 6.13. The zero-order valence-corrected chi connectivity index (χ0v) is 12.8. The van der Waals surface area contributed by atoms with E-state index in [1.807, 2.05) is 37.3 Å². The van der Waals surface area contributed by atoms with Gasteiger partial charge in [0.25, 0.3) is 5.91 Å². The Labute approximate surface area is 129 Å². The molecule has 2 rings (SSSR count). The molecule has 1 N–H and O–H groups in total. The van der Waals surface area contributed by atoms with Gasteiger partial charge in [0.05, 0.1) is 6.21 Å². The van der Waals surface area contributed by atoms with Gasteiger partial charge in [0.1, 0.15) is 0 Å². The number of hydrogen-bond acceptors (Lipinski definition) is 2. The Hall–Kier alpha value is -2.13. The molecule has 2 aromatic carbocycles. The minimum absolute atomic E-state index is 0.279. The van der Waals surface area contributed by atoms with Crippen LogP contribution in [0.25, 0.3) is 0 Å². The Balaban J connectivity index is 1.99. The summed E-state index contributed by atoms with van der Waals surface area (Å²) in [6, 6.07) is 13.2. The van der Waals surface area contributed by atoms with Crippen molar-refractivity contribution in [1.82, 2.24) is 5.43 Å². The Morgan fingerprint density at radius 1 is 1.24 bits per heavy atom. The number of hydrogen-bond donors (Lipinski definition) is 1. The van der Waals surface area contributed by atoms with Gasteiger partial charge < -0.3 is 0 Å². The summed E-state index contributed by atoms with van der Waals surface area (Å²) in [6.45, 7) is 4.00. The summed E-state index contributed by atoms with van der Waals surface area (Å²) >= 11 is 6.00. The minimum Gasteiger partial charge on any atom is -0.267 e. The number of nitrogens with one attached hydrogen (secondary N) is 1. The van der Waals surface area contributed by atoms with E-state index in [4.69, 9.17) is 11.6 Å². The molecule has 0 fully saturated rings. The zero-order chi connectivity index (χ0) is 15.2. The number of hydrazone groups is 1. The van der Waals surface area contributed by atoms with Crippen molar-refractivity contribution in [1.29, 1.82) is 0 Å². The number of rotatable bonds is 4. The molecule has 0 aliphatic heterocycles. The molecule has 0 heterocycles. The maximum atomic E-state index is 11.9. The van der Waals surface area contributed by atoms with E-state index in [9.17, 15) is 4.79 Å². The van der Waals surface area contributed by atoms with Gasteiger partial charge in [-0.3, -0.25) is 4.79 Å². The van der Waals surface area contributed by atoms with Crippen LogP contribution in [0.3, 0.4) is 0 Å². The lowest BCUT2D eigenvalue weighted by Gasteiger charge is -2.02. The second-order valence-corrected chi connectivity index (χ2v) is 5.17. The molecule has 0 aromatic heterocycles. The fourth-order valence-corrected chi connectivity index (χ4v) is 1.98. The molecule has 21 heavy (non-hydrogen) atoms. The molecule has 3 nitrogen and oxygen atoms in total. The topological polar surface area (TPSA) is 41.5 Å². The minimum atomic E-state index is -0.279. The molecule has 0 saturated heterocycles. The van der Waals surface area contributed by atoms with E-state index in [2.05, 4.69) is 17.5 Å². The van der Waals surface area contributed by atoms with Gasteiger partial charge in [-0.05, 0) is 42.2 Å². The Bertz CT molecular complexity index is 663. The van der Waals surface area contributed by atoms with Gasteiger partial charge in [-0.25, -0.2) is 5.43 Å². The van der Waals surface area contributed by atoms with Crippen LogP contribution in [0, 0.1) is 6.92 Å². The van der Waals surface area contributed by atoms with Crippen LogP contribution in [0.5, 0.6) is 0 Å². The Morgan fingerprint density at radius 2 is 1.95 bits per heavy atom. The van der Waals surface area contributed by atoms with E-state index in [1.165, 1.54) is 5.56 Å². The quantitative estimate of drug-likeness (QED) is 0.673. The van der Waals surface area contributed by atoms with E-state index in [1.54, 1.807) is 18.3 Å². The highest BCUT2D eigenvalue weighted by Gasteiger charge is 2.05. The summed E-state index contributed by atoms with van der Waals surface area (Å²) in [7, 11) is 0. The third kappa shape index (κ3) is 4.17. The first kappa shape index (κ1) is 15.3. The molecule has 0 aliphatic carbocycles. The fraction of sp³-hybridized carbons (Fsp3) is 0.176. The first-order chi connectivity index (χ1) is 10.1. The van der Waals surface area contributed by atoms with Crippen molar-refractivity contribution in [2.24, 2.45) is 5.10 Å². The van der Waals surface area contributed by atoms with E-state index in [0.29, 0.717) is 10.6 Å². The molecule has 0 saturated carbocycles. The third-order valence-electron chi connectivity index (χ3n) is 3.20. The lowest BCUT2D eigenvalue weighted by Crippen LogP contribution is -2.17. The lowest BCUT2D eigenvalue weighted by atomic mass is 10.1. The molecule has 108 valence electrons. The van der Waals surface area contributed by atoms with Gasteiger partial charge in [0.15, 0.2) is 0 Å². The van der Waals surface area contributed by atoms with Crippen molar-refractivity contribution in [3.8, 4) is 0 Å². The second kappa shape index (κ2) is 7.04. The van der Waals surface area contributed by atoms with Crippen molar-refractivity contribution >= 4 is 23.7 Å². The molecule has 4 heteroatoms. The van der Waals surface area contributed by atoms with Crippen molar-refractivity contribution in [2.45, 2.75) is 20.3 Å². The number of aryl methyl sites for hydroxylation is 2. The monoisotopic (exact) mass is 300 g/mol.